The van der Waals surface area contributed by atoms with Crippen LogP contribution in [0.2, 0.25) is 10.0 Å². The van der Waals surface area contributed by atoms with Gasteiger partial charge in [0, 0.05) is 10.8 Å². The summed E-state index contributed by atoms with van der Waals surface area (Å²) in [4.78, 5) is 22.9. The van der Waals surface area contributed by atoms with Crippen LogP contribution in [0.3, 0.4) is 0 Å². The molecule has 1 rings (SSSR count). The molecular formula is C13H15Cl2NO3S. The van der Waals surface area contributed by atoms with Crippen molar-refractivity contribution in [3.05, 3.63) is 28.2 Å². The van der Waals surface area contributed by atoms with Gasteiger partial charge in [0.15, 0.2) is 0 Å². The van der Waals surface area contributed by atoms with Gasteiger partial charge in [-0.25, -0.2) is 0 Å². The van der Waals surface area contributed by atoms with Crippen LogP contribution in [0.5, 0.6) is 0 Å². The van der Waals surface area contributed by atoms with Gasteiger partial charge in [0.25, 0.3) is 0 Å². The third-order valence-electron chi connectivity index (χ3n) is 2.46. The number of carbonyl (C=O) groups excluding carboxylic acids is 2. The molecule has 20 heavy (non-hydrogen) atoms. The maximum Gasteiger partial charge on any atom is 0.306 e. The fourth-order valence-corrected chi connectivity index (χ4v) is 2.51. The SMILES string of the molecule is COC(=O)CCS[C@@H](C)C(=O)Nc1cc(Cl)ccc1Cl. The first-order chi connectivity index (χ1) is 9.43. The summed E-state index contributed by atoms with van der Waals surface area (Å²) < 4.78 is 4.53. The number of benzene rings is 1. The molecule has 0 aromatic heterocycles. The van der Waals surface area contributed by atoms with Crippen LogP contribution < -0.4 is 5.32 Å². The Hall–Kier alpha value is -0.910. The van der Waals surface area contributed by atoms with Crippen molar-refractivity contribution < 1.29 is 14.3 Å². The Morgan fingerprint density at radius 3 is 2.75 bits per heavy atom. The van der Waals surface area contributed by atoms with Crippen LogP contribution in [0.25, 0.3) is 0 Å². The molecule has 1 aromatic carbocycles. The Balaban J connectivity index is 2.49. The summed E-state index contributed by atoms with van der Waals surface area (Å²) in [7, 11) is 1.34. The lowest BCUT2D eigenvalue weighted by Crippen LogP contribution is -2.23. The molecule has 1 atom stereocenters. The van der Waals surface area contributed by atoms with Crippen molar-refractivity contribution in [2.45, 2.75) is 18.6 Å². The molecule has 0 saturated heterocycles. The van der Waals surface area contributed by atoms with Crippen molar-refractivity contribution in [1.29, 1.82) is 0 Å². The largest absolute Gasteiger partial charge is 0.469 e. The summed E-state index contributed by atoms with van der Waals surface area (Å²) in [5.41, 5.74) is 0.476. The van der Waals surface area contributed by atoms with Crippen LogP contribution >= 0.6 is 35.0 Å². The molecule has 0 unspecified atom stereocenters. The number of nitrogens with one attached hydrogen (secondary N) is 1. The lowest BCUT2D eigenvalue weighted by molar-refractivity contribution is -0.140. The highest BCUT2D eigenvalue weighted by Gasteiger charge is 2.15. The molecule has 0 aliphatic rings. The van der Waals surface area contributed by atoms with E-state index in [0.717, 1.165) is 0 Å². The predicted molar refractivity (Wildman–Crippen MR) is 83.6 cm³/mol. The van der Waals surface area contributed by atoms with E-state index in [1.54, 1.807) is 25.1 Å². The summed E-state index contributed by atoms with van der Waals surface area (Å²) in [5.74, 6) is 0.0388. The van der Waals surface area contributed by atoms with E-state index < -0.39 is 0 Å². The van der Waals surface area contributed by atoms with E-state index in [1.165, 1.54) is 18.9 Å². The molecule has 4 nitrogen and oxygen atoms in total. The smallest absolute Gasteiger partial charge is 0.306 e. The molecule has 110 valence electrons. The lowest BCUT2D eigenvalue weighted by atomic mass is 10.3. The Bertz CT molecular complexity index is 497. The highest BCUT2D eigenvalue weighted by molar-refractivity contribution is 8.00. The van der Waals surface area contributed by atoms with Crippen LogP contribution in [0.15, 0.2) is 18.2 Å². The Morgan fingerprint density at radius 2 is 2.10 bits per heavy atom. The minimum absolute atomic E-state index is 0.191. The number of esters is 1. The second-order valence-corrected chi connectivity index (χ2v) is 6.24. The van der Waals surface area contributed by atoms with Gasteiger partial charge in [0.2, 0.25) is 5.91 Å². The molecule has 1 amide bonds. The molecule has 7 heteroatoms. The quantitative estimate of drug-likeness (QED) is 0.806. The van der Waals surface area contributed by atoms with Crippen LogP contribution in [-0.4, -0.2) is 30.0 Å². The van der Waals surface area contributed by atoms with E-state index in [9.17, 15) is 9.59 Å². The number of ether oxygens (including phenoxy) is 1. The zero-order chi connectivity index (χ0) is 15.1. The summed E-state index contributed by atoms with van der Waals surface area (Å²) in [5, 5.41) is 3.32. The zero-order valence-corrected chi connectivity index (χ0v) is 13.4. The van der Waals surface area contributed by atoms with E-state index in [4.69, 9.17) is 23.2 Å². The maximum absolute atomic E-state index is 12.0. The first-order valence-corrected chi connectivity index (χ1v) is 7.69. The number of rotatable bonds is 6. The van der Waals surface area contributed by atoms with E-state index in [0.29, 0.717) is 21.5 Å². The van der Waals surface area contributed by atoms with Gasteiger partial charge in [-0.05, 0) is 25.1 Å². The number of hydrogen-bond donors (Lipinski definition) is 1. The minimum atomic E-state index is -0.310. The Labute approximate surface area is 132 Å². The number of amides is 1. The fraction of sp³-hybridized carbons (Fsp3) is 0.385. The van der Waals surface area contributed by atoms with E-state index in [1.807, 2.05) is 0 Å². The van der Waals surface area contributed by atoms with E-state index in [2.05, 4.69) is 10.1 Å². The third kappa shape index (κ3) is 5.61. The van der Waals surface area contributed by atoms with Crippen LogP contribution in [0.4, 0.5) is 5.69 Å². The molecule has 1 aromatic rings. The van der Waals surface area contributed by atoms with Crippen LogP contribution in [-0.2, 0) is 14.3 Å². The molecule has 0 saturated carbocycles. The van der Waals surface area contributed by atoms with Gasteiger partial charge < -0.3 is 10.1 Å². The van der Waals surface area contributed by atoms with Crippen LogP contribution in [0.1, 0.15) is 13.3 Å². The summed E-state index contributed by atoms with van der Waals surface area (Å²) in [6.07, 6.45) is 0.275. The highest BCUT2D eigenvalue weighted by atomic mass is 35.5. The fourth-order valence-electron chi connectivity index (χ4n) is 1.32. The van der Waals surface area contributed by atoms with E-state index >= 15 is 0 Å². The second-order valence-electron chi connectivity index (χ2n) is 3.95. The number of anilines is 1. The van der Waals surface area contributed by atoms with Gasteiger partial charge in [0.05, 0.1) is 29.5 Å². The molecule has 0 radical (unpaired) electrons. The van der Waals surface area contributed by atoms with Gasteiger partial charge in [-0.3, -0.25) is 9.59 Å². The lowest BCUT2D eigenvalue weighted by Gasteiger charge is -2.12. The topological polar surface area (TPSA) is 55.4 Å². The maximum atomic E-state index is 12.0. The Kier molecular flexibility index (Phi) is 7.19. The predicted octanol–water partition coefficient (Wildman–Crippen LogP) is 3.62. The number of carbonyl (C=O) groups is 2. The summed E-state index contributed by atoms with van der Waals surface area (Å²) in [6, 6.07) is 4.86. The molecule has 0 fully saturated rings. The zero-order valence-electron chi connectivity index (χ0n) is 11.1. The number of thioether (sulfide) groups is 1. The van der Waals surface area contributed by atoms with Crippen molar-refractivity contribution >= 4 is 52.5 Å². The molecule has 0 aliphatic carbocycles. The van der Waals surface area contributed by atoms with Crippen LogP contribution in [0, 0.1) is 0 Å². The van der Waals surface area contributed by atoms with Crippen molar-refractivity contribution in [3.63, 3.8) is 0 Å². The van der Waals surface area contributed by atoms with Gasteiger partial charge in [-0.2, -0.15) is 0 Å². The molecule has 1 N–H and O–H groups in total. The second kappa shape index (κ2) is 8.39. The van der Waals surface area contributed by atoms with Gasteiger partial charge >= 0.3 is 5.97 Å². The first-order valence-electron chi connectivity index (χ1n) is 5.88. The monoisotopic (exact) mass is 335 g/mol. The minimum Gasteiger partial charge on any atom is -0.469 e. The molecule has 0 bridgehead atoms. The average Bonchev–Trinajstić information content (AvgIpc) is 2.42. The molecule has 0 aliphatic heterocycles. The molecule has 0 heterocycles. The number of hydrogen-bond acceptors (Lipinski definition) is 4. The Morgan fingerprint density at radius 1 is 1.40 bits per heavy atom. The molecule has 0 spiro atoms. The van der Waals surface area contributed by atoms with Gasteiger partial charge in [0.1, 0.15) is 0 Å². The number of methoxy groups -OCH3 is 1. The highest BCUT2D eigenvalue weighted by Crippen LogP contribution is 2.26. The van der Waals surface area contributed by atoms with E-state index in [-0.39, 0.29) is 23.5 Å². The molecular weight excluding hydrogens is 321 g/mol. The van der Waals surface area contributed by atoms with Crippen molar-refractivity contribution in [2.24, 2.45) is 0 Å². The third-order valence-corrected chi connectivity index (χ3v) is 4.18. The summed E-state index contributed by atoms with van der Waals surface area (Å²) >= 11 is 13.2. The van der Waals surface area contributed by atoms with Crippen molar-refractivity contribution in [1.82, 2.24) is 0 Å². The van der Waals surface area contributed by atoms with Crippen molar-refractivity contribution in [3.8, 4) is 0 Å². The van der Waals surface area contributed by atoms with Gasteiger partial charge in [-0.1, -0.05) is 23.2 Å². The first kappa shape index (κ1) is 17.1. The number of halogens is 2. The normalized spacial score (nSPS) is 11.8. The standard InChI is InChI=1S/C13H15Cl2NO3S/c1-8(20-6-5-12(17)19-2)13(18)16-11-7-9(14)3-4-10(11)15/h3-4,7-8H,5-6H2,1-2H3,(H,16,18)/t8-/m0/s1. The summed E-state index contributed by atoms with van der Waals surface area (Å²) in [6.45, 7) is 1.76. The van der Waals surface area contributed by atoms with Crippen molar-refractivity contribution in [2.75, 3.05) is 18.2 Å². The average molecular weight is 336 g/mol. The van der Waals surface area contributed by atoms with Gasteiger partial charge in [-0.15, -0.1) is 11.8 Å².